The number of pyridine rings is 1. The zero-order valence-electron chi connectivity index (χ0n) is 25.6. The monoisotopic (exact) mass is 594 g/mol. The molecule has 0 bridgehead atoms. The van der Waals surface area contributed by atoms with Crippen molar-refractivity contribution >= 4 is 17.2 Å². The van der Waals surface area contributed by atoms with Gasteiger partial charge in [0, 0.05) is 24.0 Å². The van der Waals surface area contributed by atoms with E-state index in [2.05, 4.69) is 126 Å². The van der Waals surface area contributed by atoms with E-state index in [-0.39, 0.29) is 0 Å². The zero-order chi connectivity index (χ0) is 30.8. The second-order valence-corrected chi connectivity index (χ2v) is 12.0. The lowest BCUT2D eigenvalue weighted by Crippen LogP contribution is -2.36. The minimum atomic E-state index is -0.502. The van der Waals surface area contributed by atoms with E-state index in [0.29, 0.717) is 0 Å². The van der Waals surface area contributed by atoms with Crippen molar-refractivity contribution in [1.29, 1.82) is 0 Å². The second-order valence-electron chi connectivity index (χ2n) is 12.0. The van der Waals surface area contributed by atoms with Crippen LogP contribution in [0.1, 0.15) is 33.6 Å². The summed E-state index contributed by atoms with van der Waals surface area (Å²) >= 11 is 0. The van der Waals surface area contributed by atoms with Crippen LogP contribution in [-0.2, 0) is 5.41 Å². The van der Waals surface area contributed by atoms with Crippen molar-refractivity contribution < 1.29 is 4.74 Å². The molecule has 5 aromatic carbocycles. The third kappa shape index (κ3) is 3.75. The molecule has 5 nitrogen and oxygen atoms in total. The van der Waals surface area contributed by atoms with E-state index in [1.54, 1.807) is 0 Å². The molecule has 0 saturated heterocycles. The summed E-state index contributed by atoms with van der Waals surface area (Å²) in [4.78, 5) is 7.12. The maximum atomic E-state index is 6.63. The first-order chi connectivity index (χ1) is 22.6. The largest absolute Gasteiger partial charge is 0.457 e. The molecule has 2 aliphatic rings. The van der Waals surface area contributed by atoms with Gasteiger partial charge < -0.3 is 4.74 Å². The molecular formula is C41H30N4O. The van der Waals surface area contributed by atoms with Gasteiger partial charge in [-0.2, -0.15) is 5.10 Å². The summed E-state index contributed by atoms with van der Waals surface area (Å²) in [6, 6.07) is 49.2. The minimum Gasteiger partial charge on any atom is -0.457 e. The van der Waals surface area contributed by atoms with E-state index < -0.39 is 5.41 Å². The third-order valence-electron chi connectivity index (χ3n) is 9.30. The fourth-order valence-electron chi connectivity index (χ4n) is 7.59. The van der Waals surface area contributed by atoms with Gasteiger partial charge in [0.05, 0.1) is 28.2 Å². The molecule has 5 heteroatoms. The molecule has 9 rings (SSSR count). The SMILES string of the molecule is Cc1cc(C)n(-c2cccc(Oc3ccc4c(c3)N(c3ccccn3)c3ccccc3C43c4ccccc4-c4ccccc43)c2)n1. The summed E-state index contributed by atoms with van der Waals surface area (Å²) in [5, 5.41) is 4.68. The maximum Gasteiger partial charge on any atom is 0.137 e. The van der Waals surface area contributed by atoms with Gasteiger partial charge in [0.15, 0.2) is 0 Å². The van der Waals surface area contributed by atoms with Gasteiger partial charge >= 0.3 is 0 Å². The number of rotatable bonds is 4. The van der Waals surface area contributed by atoms with Crippen molar-refractivity contribution in [2.24, 2.45) is 0 Å². The molecular weight excluding hydrogens is 564 g/mol. The second kappa shape index (κ2) is 10.0. The first kappa shape index (κ1) is 26.5. The van der Waals surface area contributed by atoms with Crippen molar-refractivity contribution in [1.82, 2.24) is 14.8 Å². The molecule has 0 unspecified atom stereocenters. The lowest BCUT2D eigenvalue weighted by Gasteiger charge is -2.44. The molecule has 0 saturated carbocycles. The lowest BCUT2D eigenvalue weighted by molar-refractivity contribution is 0.481. The van der Waals surface area contributed by atoms with Crippen molar-refractivity contribution in [3.05, 3.63) is 179 Å². The molecule has 0 fully saturated rings. The minimum absolute atomic E-state index is 0.502. The molecule has 1 aliphatic carbocycles. The van der Waals surface area contributed by atoms with Crippen LogP contribution in [0.4, 0.5) is 17.2 Å². The number of hydrogen-bond donors (Lipinski definition) is 0. The Morgan fingerprint density at radius 2 is 1.24 bits per heavy atom. The molecule has 0 radical (unpaired) electrons. The van der Waals surface area contributed by atoms with Crippen LogP contribution in [0.2, 0.25) is 0 Å². The van der Waals surface area contributed by atoms with Gasteiger partial charge in [-0.3, -0.25) is 4.90 Å². The Balaban J connectivity index is 1.27. The molecule has 2 aromatic heterocycles. The van der Waals surface area contributed by atoms with E-state index in [1.807, 2.05) is 48.1 Å². The molecule has 0 amide bonds. The Labute approximate surface area is 268 Å². The van der Waals surface area contributed by atoms with Gasteiger partial charge in [0.2, 0.25) is 0 Å². The van der Waals surface area contributed by atoms with E-state index in [9.17, 15) is 0 Å². The zero-order valence-corrected chi connectivity index (χ0v) is 25.6. The van der Waals surface area contributed by atoms with Crippen LogP contribution in [0.15, 0.2) is 146 Å². The molecule has 0 atom stereocenters. The fourth-order valence-corrected chi connectivity index (χ4v) is 7.59. The van der Waals surface area contributed by atoms with E-state index in [0.717, 1.165) is 45.8 Å². The highest BCUT2D eigenvalue weighted by atomic mass is 16.5. The smallest absolute Gasteiger partial charge is 0.137 e. The van der Waals surface area contributed by atoms with Crippen molar-refractivity contribution in [3.8, 4) is 28.3 Å². The number of ether oxygens (including phenoxy) is 1. The molecule has 46 heavy (non-hydrogen) atoms. The van der Waals surface area contributed by atoms with Gasteiger partial charge in [0.25, 0.3) is 0 Å². The highest BCUT2D eigenvalue weighted by molar-refractivity contribution is 5.95. The van der Waals surface area contributed by atoms with Crippen LogP contribution in [0.3, 0.4) is 0 Å². The quantitative estimate of drug-likeness (QED) is 0.203. The number of nitrogens with zero attached hydrogens (tertiary/aromatic N) is 4. The average Bonchev–Trinajstić information content (AvgIpc) is 3.59. The predicted octanol–water partition coefficient (Wildman–Crippen LogP) is 9.82. The van der Waals surface area contributed by atoms with Gasteiger partial charge in [-0.15, -0.1) is 0 Å². The third-order valence-corrected chi connectivity index (χ3v) is 9.30. The van der Waals surface area contributed by atoms with Crippen LogP contribution < -0.4 is 9.64 Å². The van der Waals surface area contributed by atoms with Gasteiger partial charge in [0.1, 0.15) is 17.3 Å². The molecule has 220 valence electrons. The van der Waals surface area contributed by atoms with E-state index in [1.165, 1.54) is 33.4 Å². The van der Waals surface area contributed by atoms with Crippen LogP contribution in [0.25, 0.3) is 16.8 Å². The molecule has 0 N–H and O–H groups in total. The molecule has 7 aromatic rings. The molecule has 3 heterocycles. The first-order valence-corrected chi connectivity index (χ1v) is 15.6. The number of aromatic nitrogens is 3. The molecule has 1 spiro atoms. The Morgan fingerprint density at radius 3 is 1.96 bits per heavy atom. The lowest BCUT2D eigenvalue weighted by atomic mass is 9.64. The predicted molar refractivity (Wildman–Crippen MR) is 183 cm³/mol. The number of hydrogen-bond acceptors (Lipinski definition) is 4. The summed E-state index contributed by atoms with van der Waals surface area (Å²) < 4.78 is 8.58. The van der Waals surface area contributed by atoms with Gasteiger partial charge in [-0.05, 0) is 89.7 Å². The van der Waals surface area contributed by atoms with Crippen molar-refractivity contribution in [3.63, 3.8) is 0 Å². The van der Waals surface area contributed by atoms with Crippen LogP contribution in [0, 0.1) is 13.8 Å². The Kier molecular flexibility index (Phi) is 5.78. The number of aryl methyl sites for hydroxylation is 2. The number of para-hydroxylation sites is 1. The number of fused-ring (bicyclic) bond motifs is 9. The fraction of sp³-hybridized carbons (Fsp3) is 0.0732. The Morgan fingerprint density at radius 1 is 0.565 bits per heavy atom. The Bertz CT molecular complexity index is 2240. The van der Waals surface area contributed by atoms with Gasteiger partial charge in [-0.1, -0.05) is 84.9 Å². The van der Waals surface area contributed by atoms with Crippen LogP contribution in [0.5, 0.6) is 11.5 Å². The topological polar surface area (TPSA) is 43.2 Å². The van der Waals surface area contributed by atoms with E-state index in [4.69, 9.17) is 9.72 Å². The maximum absolute atomic E-state index is 6.63. The normalized spacial score (nSPS) is 13.6. The molecule has 1 aliphatic heterocycles. The summed E-state index contributed by atoms with van der Waals surface area (Å²) in [5.41, 5.74) is 12.2. The standard InChI is InChI=1S/C41H30N4O/c1-27-24-28(2)45(43-27)29-12-11-13-30(25-29)46-31-21-22-37-39(26-31)44(40-20-9-10-23-42-40)38-19-8-7-18-36(38)41(37)34-16-5-3-14-32(34)33-15-4-6-17-35(33)41/h3-26H,1-2H3. The highest BCUT2D eigenvalue weighted by Gasteiger charge is 2.51. The first-order valence-electron chi connectivity index (χ1n) is 15.6. The van der Waals surface area contributed by atoms with Crippen molar-refractivity contribution in [2.45, 2.75) is 19.3 Å². The van der Waals surface area contributed by atoms with Crippen LogP contribution >= 0.6 is 0 Å². The Hall–Kier alpha value is -5.94. The van der Waals surface area contributed by atoms with Crippen molar-refractivity contribution in [2.75, 3.05) is 4.90 Å². The highest BCUT2D eigenvalue weighted by Crippen LogP contribution is 2.63. The number of anilines is 3. The average molecular weight is 595 g/mol. The number of benzene rings is 5. The van der Waals surface area contributed by atoms with Gasteiger partial charge in [-0.25, -0.2) is 9.67 Å². The summed E-state index contributed by atoms with van der Waals surface area (Å²) in [6.45, 7) is 4.08. The van der Waals surface area contributed by atoms with E-state index >= 15 is 0 Å². The summed E-state index contributed by atoms with van der Waals surface area (Å²) in [7, 11) is 0. The summed E-state index contributed by atoms with van der Waals surface area (Å²) in [5.74, 6) is 2.35. The summed E-state index contributed by atoms with van der Waals surface area (Å²) in [6.07, 6.45) is 1.85. The van der Waals surface area contributed by atoms with Crippen LogP contribution in [-0.4, -0.2) is 14.8 Å².